The van der Waals surface area contributed by atoms with E-state index in [1.165, 1.54) is 0 Å². The number of nitrogens with two attached hydrogens (primary N) is 1. The molecule has 0 aromatic heterocycles. The van der Waals surface area contributed by atoms with Gasteiger partial charge in [-0.25, -0.2) is 0 Å². The second-order valence-electron chi connectivity index (χ2n) is 5.05. The van der Waals surface area contributed by atoms with Crippen LogP contribution in [0, 0.1) is 5.92 Å². The summed E-state index contributed by atoms with van der Waals surface area (Å²) in [6, 6.07) is 3.63. The molecule has 106 valence electrons. The molecule has 0 aliphatic carbocycles. The van der Waals surface area contributed by atoms with Gasteiger partial charge in [-0.3, -0.25) is 0 Å². The van der Waals surface area contributed by atoms with Gasteiger partial charge in [-0.15, -0.1) is 0 Å². The third kappa shape index (κ3) is 2.71. The lowest BCUT2D eigenvalue weighted by Gasteiger charge is -2.36. The molecule has 0 bridgehead atoms. The molecule has 0 radical (unpaired) electrons. The van der Waals surface area contributed by atoms with E-state index in [9.17, 15) is 5.11 Å². The highest BCUT2D eigenvalue weighted by Gasteiger charge is 2.26. The van der Waals surface area contributed by atoms with Crippen LogP contribution in [0.15, 0.2) is 12.1 Å². The Morgan fingerprint density at radius 1 is 1.26 bits per heavy atom. The summed E-state index contributed by atoms with van der Waals surface area (Å²) >= 11 is 0. The molecule has 1 saturated heterocycles. The van der Waals surface area contributed by atoms with E-state index in [0.29, 0.717) is 29.6 Å². The fourth-order valence-electron chi connectivity index (χ4n) is 2.43. The van der Waals surface area contributed by atoms with Gasteiger partial charge < -0.3 is 25.2 Å². The van der Waals surface area contributed by atoms with Gasteiger partial charge in [-0.2, -0.15) is 0 Å². The lowest BCUT2D eigenvalue weighted by molar-refractivity contribution is 0.103. The number of aliphatic hydroxyl groups is 1. The van der Waals surface area contributed by atoms with Gasteiger partial charge in [0.15, 0.2) is 11.5 Å². The monoisotopic (exact) mass is 266 g/mol. The van der Waals surface area contributed by atoms with Crippen molar-refractivity contribution in [1.29, 1.82) is 0 Å². The average molecular weight is 266 g/mol. The molecule has 3 N–H and O–H groups in total. The maximum Gasteiger partial charge on any atom is 0.162 e. The Balaban J connectivity index is 2.29. The first-order valence-corrected chi connectivity index (χ1v) is 6.51. The van der Waals surface area contributed by atoms with Crippen LogP contribution in [0.1, 0.15) is 13.3 Å². The van der Waals surface area contributed by atoms with E-state index in [1.807, 2.05) is 6.07 Å². The number of ether oxygens (including phenoxy) is 2. The van der Waals surface area contributed by atoms with Crippen LogP contribution in [0.3, 0.4) is 0 Å². The van der Waals surface area contributed by atoms with Crippen molar-refractivity contribution in [3.63, 3.8) is 0 Å². The van der Waals surface area contributed by atoms with Gasteiger partial charge in [0.1, 0.15) is 0 Å². The smallest absolute Gasteiger partial charge is 0.162 e. The molecule has 19 heavy (non-hydrogen) atoms. The zero-order valence-corrected chi connectivity index (χ0v) is 11.7. The van der Waals surface area contributed by atoms with Crippen LogP contribution in [0.5, 0.6) is 11.5 Å². The van der Waals surface area contributed by atoms with Gasteiger partial charge in [0.05, 0.1) is 31.7 Å². The number of piperidine rings is 1. The zero-order valence-electron chi connectivity index (χ0n) is 11.7. The summed E-state index contributed by atoms with van der Waals surface area (Å²) in [6.07, 6.45) is 0.635. The van der Waals surface area contributed by atoms with Crippen molar-refractivity contribution in [2.24, 2.45) is 5.92 Å². The number of benzene rings is 1. The highest BCUT2D eigenvalue weighted by atomic mass is 16.5. The van der Waals surface area contributed by atoms with Gasteiger partial charge in [-0.1, -0.05) is 6.92 Å². The van der Waals surface area contributed by atoms with Crippen molar-refractivity contribution in [3.8, 4) is 11.5 Å². The van der Waals surface area contributed by atoms with Crippen LogP contribution in [0.25, 0.3) is 0 Å². The van der Waals surface area contributed by atoms with Gasteiger partial charge in [0.25, 0.3) is 0 Å². The molecule has 2 atom stereocenters. The highest BCUT2D eigenvalue weighted by molar-refractivity contribution is 5.73. The Morgan fingerprint density at radius 2 is 1.89 bits per heavy atom. The minimum absolute atomic E-state index is 0.318. The average Bonchev–Trinajstić information content (AvgIpc) is 2.41. The fourth-order valence-corrected chi connectivity index (χ4v) is 2.43. The third-order valence-electron chi connectivity index (χ3n) is 3.79. The van der Waals surface area contributed by atoms with E-state index in [1.54, 1.807) is 20.3 Å². The van der Waals surface area contributed by atoms with Crippen LogP contribution in [0.2, 0.25) is 0 Å². The molecule has 5 nitrogen and oxygen atoms in total. The van der Waals surface area contributed by atoms with Gasteiger partial charge in [0.2, 0.25) is 0 Å². The number of anilines is 2. The molecule has 2 unspecified atom stereocenters. The maximum absolute atomic E-state index is 9.99. The number of hydrogen-bond donors (Lipinski definition) is 2. The van der Waals surface area contributed by atoms with Crippen LogP contribution in [-0.2, 0) is 0 Å². The summed E-state index contributed by atoms with van der Waals surface area (Å²) in [6.45, 7) is 3.55. The van der Waals surface area contributed by atoms with Crippen LogP contribution < -0.4 is 20.1 Å². The quantitative estimate of drug-likeness (QED) is 0.811. The predicted molar refractivity (Wildman–Crippen MR) is 76.0 cm³/mol. The van der Waals surface area contributed by atoms with E-state index in [2.05, 4.69) is 11.8 Å². The van der Waals surface area contributed by atoms with Crippen LogP contribution >= 0.6 is 0 Å². The first-order chi connectivity index (χ1) is 9.06. The highest BCUT2D eigenvalue weighted by Crippen LogP contribution is 2.38. The van der Waals surface area contributed by atoms with Crippen molar-refractivity contribution in [2.45, 2.75) is 19.4 Å². The Bertz CT molecular complexity index is 451. The number of nitrogens with zero attached hydrogens (tertiary/aromatic N) is 1. The number of aliphatic hydroxyl groups excluding tert-OH is 1. The maximum atomic E-state index is 9.99. The summed E-state index contributed by atoms with van der Waals surface area (Å²) in [5.74, 6) is 1.60. The van der Waals surface area contributed by atoms with E-state index in [4.69, 9.17) is 15.2 Å². The van der Waals surface area contributed by atoms with Crippen molar-refractivity contribution >= 4 is 11.4 Å². The molecule has 0 saturated carbocycles. The van der Waals surface area contributed by atoms with E-state index < -0.39 is 0 Å². The normalized spacial score (nSPS) is 23.3. The van der Waals surface area contributed by atoms with Crippen molar-refractivity contribution in [3.05, 3.63) is 12.1 Å². The van der Waals surface area contributed by atoms with E-state index >= 15 is 0 Å². The molecule has 1 aliphatic heterocycles. The van der Waals surface area contributed by atoms with Gasteiger partial charge in [-0.05, 0) is 12.3 Å². The van der Waals surface area contributed by atoms with Gasteiger partial charge in [0, 0.05) is 25.2 Å². The molecule has 1 heterocycles. The molecular weight excluding hydrogens is 244 g/mol. The minimum Gasteiger partial charge on any atom is -0.493 e. The molecule has 1 fully saturated rings. The Kier molecular flexibility index (Phi) is 4.04. The molecule has 1 aromatic rings. The first-order valence-electron chi connectivity index (χ1n) is 6.51. The summed E-state index contributed by atoms with van der Waals surface area (Å²) in [4.78, 5) is 2.10. The molecule has 2 rings (SSSR count). The summed E-state index contributed by atoms with van der Waals surface area (Å²) in [5, 5.41) is 9.99. The lowest BCUT2D eigenvalue weighted by Crippen LogP contribution is -2.43. The SMILES string of the molecule is COc1cc(N)c(N2CCC(C)C(O)C2)cc1OC. The fraction of sp³-hybridized carbons (Fsp3) is 0.571. The van der Waals surface area contributed by atoms with Gasteiger partial charge >= 0.3 is 0 Å². The van der Waals surface area contributed by atoms with E-state index in [-0.39, 0.29) is 6.10 Å². The summed E-state index contributed by atoms with van der Waals surface area (Å²) < 4.78 is 10.5. The first kappa shape index (κ1) is 13.8. The second kappa shape index (κ2) is 5.57. The Hall–Kier alpha value is -1.62. The number of nitrogen functional groups attached to an aromatic ring is 1. The van der Waals surface area contributed by atoms with Crippen molar-refractivity contribution in [2.75, 3.05) is 37.9 Å². The van der Waals surface area contributed by atoms with Crippen LogP contribution in [-0.4, -0.2) is 38.5 Å². The summed E-state index contributed by atoms with van der Waals surface area (Å²) in [7, 11) is 3.19. The molecule has 1 aromatic carbocycles. The molecule has 0 amide bonds. The number of rotatable bonds is 3. The Labute approximate surface area is 113 Å². The second-order valence-corrected chi connectivity index (χ2v) is 5.05. The summed E-state index contributed by atoms with van der Waals surface area (Å²) in [5.41, 5.74) is 7.60. The van der Waals surface area contributed by atoms with Crippen molar-refractivity contribution in [1.82, 2.24) is 0 Å². The third-order valence-corrected chi connectivity index (χ3v) is 3.79. The molecule has 0 spiro atoms. The predicted octanol–water partition coefficient (Wildman–Crippen LogP) is 1.49. The van der Waals surface area contributed by atoms with Crippen molar-refractivity contribution < 1.29 is 14.6 Å². The Morgan fingerprint density at radius 3 is 2.47 bits per heavy atom. The largest absolute Gasteiger partial charge is 0.493 e. The number of hydrogen-bond acceptors (Lipinski definition) is 5. The molecule has 5 heteroatoms. The standard InChI is InChI=1S/C14H22N2O3/c1-9-4-5-16(8-12(9)17)11-7-14(19-3)13(18-2)6-10(11)15/h6-7,9,12,17H,4-5,8,15H2,1-3H3. The van der Waals surface area contributed by atoms with E-state index in [0.717, 1.165) is 18.7 Å². The lowest BCUT2D eigenvalue weighted by atomic mass is 9.95. The van der Waals surface area contributed by atoms with Crippen LogP contribution in [0.4, 0.5) is 11.4 Å². The zero-order chi connectivity index (χ0) is 14.0. The topological polar surface area (TPSA) is 68.0 Å². The number of methoxy groups -OCH3 is 2. The molecular formula is C14H22N2O3. The minimum atomic E-state index is -0.318. The number of β-amino-alcohol motifs (C(OH)–C–C–N with tert-alkyl or cyclic N) is 1. The molecule has 1 aliphatic rings.